The maximum atomic E-state index is 17.1. The number of hydrogen-bond donors (Lipinski definition) is 0. The summed E-state index contributed by atoms with van der Waals surface area (Å²) in [7, 11) is 0. The van der Waals surface area contributed by atoms with E-state index in [1.54, 1.807) is 84.9 Å². The monoisotopic (exact) mass is 1070 g/mol. The summed E-state index contributed by atoms with van der Waals surface area (Å²) < 4.78 is 128. The smallest absolute Gasteiger partial charge is 0.197 e. The van der Waals surface area contributed by atoms with Crippen molar-refractivity contribution in [3.63, 3.8) is 0 Å². The van der Waals surface area contributed by atoms with Gasteiger partial charge in [-0.05, 0) is 144 Å². The van der Waals surface area contributed by atoms with Crippen LogP contribution in [0.1, 0.15) is 55.6 Å². The highest BCUT2D eigenvalue weighted by Gasteiger charge is 2.51. The molecule has 11 aromatic rings. The zero-order valence-corrected chi connectivity index (χ0v) is 42.9. The summed E-state index contributed by atoms with van der Waals surface area (Å²) in [4.78, 5) is 1.93. The Labute approximate surface area is 462 Å². The van der Waals surface area contributed by atoms with Gasteiger partial charge in [0, 0.05) is 28.2 Å². The van der Waals surface area contributed by atoms with Gasteiger partial charge in [0.15, 0.2) is 46.5 Å². The fourth-order valence-corrected chi connectivity index (χ4v) is 12.5. The Hall–Kier alpha value is -9.86. The Bertz CT molecular complexity index is 4160. The van der Waals surface area contributed by atoms with Crippen LogP contribution in [0.3, 0.4) is 0 Å². The molecule has 2 atom stereocenters. The maximum Gasteiger partial charge on any atom is 0.197 e. The largest absolute Gasteiger partial charge is 0.310 e. The van der Waals surface area contributed by atoms with Crippen LogP contribution in [0, 0.1) is 46.5 Å². The van der Waals surface area contributed by atoms with Crippen molar-refractivity contribution in [2.24, 2.45) is 0 Å². The summed E-state index contributed by atoms with van der Waals surface area (Å²) in [6.45, 7) is 7.81. The first kappa shape index (κ1) is 50.6. The molecule has 0 N–H and O–H groups in total. The van der Waals surface area contributed by atoms with Crippen molar-refractivity contribution >= 4 is 29.2 Å². The molecule has 2 unspecified atom stereocenters. The van der Waals surface area contributed by atoms with E-state index in [1.807, 2.05) is 138 Å². The van der Waals surface area contributed by atoms with Gasteiger partial charge in [-0.3, -0.25) is 0 Å². The highest BCUT2D eigenvalue weighted by Crippen LogP contribution is 2.61. The molecule has 81 heavy (non-hydrogen) atoms. The average Bonchev–Trinajstić information content (AvgIpc) is 2.92. The molecule has 1 nitrogen and oxygen atoms in total. The van der Waals surface area contributed by atoms with E-state index in [0.29, 0.717) is 83.8 Å². The molecule has 9 heteroatoms. The fourth-order valence-electron chi connectivity index (χ4n) is 12.5. The minimum Gasteiger partial charge on any atom is -0.310 e. The van der Waals surface area contributed by atoms with Crippen molar-refractivity contribution in [1.82, 2.24) is 0 Å². The van der Waals surface area contributed by atoms with Crippen LogP contribution >= 0.6 is 0 Å². The van der Waals surface area contributed by atoms with Crippen molar-refractivity contribution < 1.29 is 35.1 Å². The van der Waals surface area contributed by atoms with Crippen LogP contribution in [-0.4, -0.2) is 0 Å². The molecule has 0 fully saturated rings. The summed E-state index contributed by atoms with van der Waals surface area (Å²) in [6, 6.07) is 66.6. The number of halogens is 8. The molecule has 0 radical (unpaired) electrons. The second-order valence-corrected chi connectivity index (χ2v) is 20.2. The summed E-state index contributed by atoms with van der Waals surface area (Å²) in [5.74, 6) is -14.2. The van der Waals surface area contributed by atoms with E-state index in [2.05, 4.69) is 19.2 Å². The van der Waals surface area contributed by atoms with Gasteiger partial charge in [-0.15, -0.1) is 0 Å². The van der Waals surface area contributed by atoms with Gasteiger partial charge in [0.2, 0.25) is 0 Å². The zero-order chi connectivity index (χ0) is 55.9. The molecule has 0 saturated heterocycles. The molecule has 2 aliphatic rings. The van der Waals surface area contributed by atoms with Gasteiger partial charge >= 0.3 is 0 Å². The van der Waals surface area contributed by atoms with Crippen LogP contribution in [0.4, 0.5) is 52.2 Å². The zero-order valence-electron chi connectivity index (χ0n) is 42.9. The molecule has 0 heterocycles. The third kappa shape index (κ3) is 7.66. The molecule has 0 aromatic heterocycles. The second-order valence-electron chi connectivity index (χ2n) is 20.2. The van der Waals surface area contributed by atoms with Crippen molar-refractivity contribution in [1.29, 1.82) is 0 Å². The topological polar surface area (TPSA) is 3.24 Å². The van der Waals surface area contributed by atoms with Gasteiger partial charge in [0.05, 0.1) is 10.8 Å². The molecule has 13 rings (SSSR count). The number of rotatable bonds is 11. The van der Waals surface area contributed by atoms with Crippen LogP contribution in [0.5, 0.6) is 0 Å². The van der Waals surface area contributed by atoms with Gasteiger partial charge in [-0.1, -0.05) is 195 Å². The Morgan fingerprint density at radius 1 is 0.284 bits per heavy atom. The molecular formula is C72H43F8N. The van der Waals surface area contributed by atoms with E-state index in [1.165, 1.54) is 0 Å². The lowest BCUT2D eigenvalue weighted by Crippen LogP contribution is -2.31. The van der Waals surface area contributed by atoms with Crippen LogP contribution in [0.15, 0.2) is 238 Å². The van der Waals surface area contributed by atoms with Crippen LogP contribution in [-0.2, 0) is 10.8 Å². The van der Waals surface area contributed by atoms with Gasteiger partial charge in [-0.2, -0.15) is 0 Å². The third-order valence-electron chi connectivity index (χ3n) is 16.2. The summed E-state index contributed by atoms with van der Waals surface area (Å²) >= 11 is 0. The van der Waals surface area contributed by atoms with Crippen molar-refractivity contribution in [2.75, 3.05) is 4.90 Å². The van der Waals surface area contributed by atoms with E-state index in [4.69, 9.17) is 0 Å². The molecule has 0 aliphatic heterocycles. The Morgan fingerprint density at radius 2 is 0.667 bits per heavy atom. The second kappa shape index (κ2) is 19.5. The van der Waals surface area contributed by atoms with E-state index in [0.717, 1.165) is 34.4 Å². The summed E-state index contributed by atoms with van der Waals surface area (Å²) in [5, 5.41) is 0. The van der Waals surface area contributed by atoms with Crippen LogP contribution in [0.2, 0.25) is 0 Å². The number of hydrogen-bond acceptors (Lipinski definition) is 1. The molecule has 2 aliphatic carbocycles. The fraction of sp³-hybridized carbons (Fsp3) is 0.0278. The van der Waals surface area contributed by atoms with Crippen molar-refractivity contribution in [2.45, 2.75) is 10.8 Å². The van der Waals surface area contributed by atoms with E-state index in [9.17, 15) is 0 Å². The minimum absolute atomic E-state index is 0.401. The molecule has 0 bridgehead atoms. The number of benzene rings is 11. The number of fused-ring (bicyclic) bond motifs is 6. The predicted molar refractivity (Wildman–Crippen MR) is 306 cm³/mol. The quantitative estimate of drug-likeness (QED) is 0.0709. The first-order valence-corrected chi connectivity index (χ1v) is 26.1. The van der Waals surface area contributed by atoms with Crippen LogP contribution < -0.4 is 4.90 Å². The molecule has 0 spiro atoms. The molecule has 392 valence electrons. The molecule has 11 aromatic carbocycles. The van der Waals surface area contributed by atoms with Gasteiger partial charge in [0.1, 0.15) is 0 Å². The lowest BCUT2D eigenvalue weighted by molar-refractivity contribution is 0.399. The molecular weight excluding hydrogens is 1030 g/mol. The van der Waals surface area contributed by atoms with E-state index >= 15 is 35.1 Å². The Balaban J connectivity index is 1.12. The Morgan fingerprint density at radius 3 is 1.14 bits per heavy atom. The maximum absolute atomic E-state index is 17.1. The third-order valence-corrected chi connectivity index (χ3v) is 16.2. The normalized spacial score (nSPS) is 15.6. The SMILES string of the molecule is C=Cc1ccc(C2(c3cc(F)c(F)c(F)c3F)c3ccccc3-c3ccc(N(c4cccc(-c5cccc(-c6ccccc6)c5)c4)c4ccc5c(c4)C(c4ccc(C=C)cc4)(c4cc(F)c(F)c(F)c4F)c4ccccc4-5)cc32)cc1. The first-order chi connectivity index (χ1) is 39.4. The van der Waals surface area contributed by atoms with Crippen molar-refractivity contribution in [3.8, 4) is 44.5 Å². The summed E-state index contributed by atoms with van der Waals surface area (Å²) in [5.41, 5.74) is 7.06. The van der Waals surface area contributed by atoms with E-state index in [-0.39, 0.29) is 0 Å². The standard InChI is InChI=1S/C72H43F8N/c1-3-42-24-28-48(29-25-42)71(61-40-63(73)67(77)69(79)65(61)75)57-22-10-8-20-53(57)55-34-32-51(38-59(55)71)81(50-19-13-18-47(37-50)46-17-12-16-45(36-46)44-14-6-5-7-15-44)52-33-35-56-54-21-9-11-23-58(54)72(60(56)39-52,49-30-26-43(4-2)27-31-49)62-41-64(74)68(78)70(80)66(62)76/h3-41H,1-2H2. The molecule has 0 amide bonds. The minimum atomic E-state index is -1.97. The highest BCUT2D eigenvalue weighted by molar-refractivity contribution is 5.93. The first-order valence-electron chi connectivity index (χ1n) is 26.1. The average molecular weight is 1070 g/mol. The van der Waals surface area contributed by atoms with E-state index < -0.39 is 68.5 Å². The van der Waals surface area contributed by atoms with Crippen LogP contribution in [0.25, 0.3) is 56.7 Å². The van der Waals surface area contributed by atoms with Crippen molar-refractivity contribution in [3.05, 3.63) is 340 Å². The highest BCUT2D eigenvalue weighted by atomic mass is 19.2. The predicted octanol–water partition coefficient (Wildman–Crippen LogP) is 19.6. The number of nitrogens with zero attached hydrogens (tertiary/aromatic N) is 1. The Kier molecular flexibility index (Phi) is 12.2. The lowest BCUT2D eigenvalue weighted by Gasteiger charge is -2.36. The lowest BCUT2D eigenvalue weighted by atomic mass is 9.67. The summed E-state index contributed by atoms with van der Waals surface area (Å²) in [6.07, 6.45) is 3.26. The number of anilines is 3. The van der Waals surface area contributed by atoms with Gasteiger partial charge in [-0.25, -0.2) is 35.1 Å². The van der Waals surface area contributed by atoms with Gasteiger partial charge in [0.25, 0.3) is 0 Å². The van der Waals surface area contributed by atoms with Gasteiger partial charge < -0.3 is 4.90 Å². The molecule has 0 saturated carbocycles.